The number of guanidine groups is 1. The van der Waals surface area contributed by atoms with Crippen molar-refractivity contribution in [2.45, 2.75) is 64.6 Å². The van der Waals surface area contributed by atoms with Gasteiger partial charge in [-0.1, -0.05) is 20.8 Å². The summed E-state index contributed by atoms with van der Waals surface area (Å²) in [5, 5.41) is 3.78. The molecule has 3 aliphatic rings. The number of likely N-dealkylation sites (tertiary alicyclic amines) is 1. The van der Waals surface area contributed by atoms with Crippen LogP contribution in [0.1, 0.15) is 46.5 Å². The molecule has 1 aliphatic carbocycles. The molecule has 2 saturated heterocycles. The fourth-order valence-electron chi connectivity index (χ4n) is 5.22. The van der Waals surface area contributed by atoms with Gasteiger partial charge in [-0.25, -0.2) is 0 Å². The Morgan fingerprint density at radius 2 is 2.12 bits per heavy atom. The number of nitrogens with zero attached hydrogens (tertiary/aromatic N) is 3. The van der Waals surface area contributed by atoms with Crippen LogP contribution in [0, 0.1) is 11.3 Å². The standard InChI is InChI=1S/C19H36N4O/c1-6-23-11-7-9-14(23)13-22(5)18(20-4)21-16-15-10-8-12-24-17(15)19(16,2)3/h14-17H,6-13H2,1-5H3,(H,20,21). The molecule has 4 atom stereocenters. The summed E-state index contributed by atoms with van der Waals surface area (Å²) in [5.41, 5.74) is 0.185. The van der Waals surface area contributed by atoms with Crippen LogP contribution >= 0.6 is 0 Å². The van der Waals surface area contributed by atoms with Crippen LogP contribution in [0.5, 0.6) is 0 Å². The summed E-state index contributed by atoms with van der Waals surface area (Å²) < 4.78 is 6.03. The fourth-order valence-corrected chi connectivity index (χ4v) is 5.22. The summed E-state index contributed by atoms with van der Waals surface area (Å²) in [5.74, 6) is 1.68. The lowest BCUT2D eigenvalue weighted by atomic mass is 9.55. The number of rotatable bonds is 4. The maximum absolute atomic E-state index is 6.03. The van der Waals surface area contributed by atoms with Crippen molar-refractivity contribution in [1.29, 1.82) is 0 Å². The number of hydrogen-bond donors (Lipinski definition) is 1. The molecule has 4 unspecified atom stereocenters. The first-order chi connectivity index (χ1) is 11.5. The molecule has 3 rings (SSSR count). The molecule has 138 valence electrons. The smallest absolute Gasteiger partial charge is 0.193 e. The molecule has 2 aliphatic heterocycles. The van der Waals surface area contributed by atoms with E-state index in [2.05, 4.69) is 47.9 Å². The van der Waals surface area contributed by atoms with Crippen LogP contribution in [-0.4, -0.2) is 74.3 Å². The molecule has 0 spiro atoms. The molecular formula is C19H36N4O. The minimum Gasteiger partial charge on any atom is -0.377 e. The Morgan fingerprint density at radius 3 is 2.83 bits per heavy atom. The predicted octanol–water partition coefficient (Wildman–Crippen LogP) is 2.18. The average Bonchev–Trinajstić information content (AvgIpc) is 3.02. The first kappa shape index (κ1) is 18.0. The number of ether oxygens (including phenoxy) is 1. The van der Waals surface area contributed by atoms with Gasteiger partial charge >= 0.3 is 0 Å². The molecule has 5 heteroatoms. The predicted molar refractivity (Wildman–Crippen MR) is 99.4 cm³/mol. The zero-order valence-electron chi connectivity index (χ0n) is 16.2. The normalized spacial score (nSPS) is 36.1. The van der Waals surface area contributed by atoms with Gasteiger partial charge in [-0.05, 0) is 38.8 Å². The lowest BCUT2D eigenvalue weighted by Gasteiger charge is -2.60. The highest BCUT2D eigenvalue weighted by atomic mass is 16.5. The molecule has 0 aromatic heterocycles. The van der Waals surface area contributed by atoms with E-state index in [1.165, 1.54) is 32.2 Å². The third kappa shape index (κ3) is 3.17. The van der Waals surface area contributed by atoms with Crippen LogP contribution in [-0.2, 0) is 4.74 Å². The molecule has 0 aromatic carbocycles. The van der Waals surface area contributed by atoms with E-state index in [0.29, 0.717) is 24.1 Å². The highest BCUT2D eigenvalue weighted by Gasteiger charge is 2.58. The Balaban J connectivity index is 1.60. The number of nitrogens with one attached hydrogen (secondary N) is 1. The van der Waals surface area contributed by atoms with E-state index < -0.39 is 0 Å². The second kappa shape index (κ2) is 7.20. The van der Waals surface area contributed by atoms with E-state index in [9.17, 15) is 0 Å². The van der Waals surface area contributed by atoms with Crippen molar-refractivity contribution in [3.8, 4) is 0 Å². The van der Waals surface area contributed by atoms with Gasteiger partial charge in [0.25, 0.3) is 0 Å². The highest BCUT2D eigenvalue weighted by molar-refractivity contribution is 5.80. The molecule has 24 heavy (non-hydrogen) atoms. The lowest BCUT2D eigenvalue weighted by Crippen LogP contribution is -2.71. The lowest BCUT2D eigenvalue weighted by molar-refractivity contribution is -0.188. The van der Waals surface area contributed by atoms with Crippen molar-refractivity contribution in [2.24, 2.45) is 16.3 Å². The van der Waals surface area contributed by atoms with Gasteiger partial charge in [-0.2, -0.15) is 0 Å². The molecule has 0 radical (unpaired) electrons. The summed E-state index contributed by atoms with van der Waals surface area (Å²) in [4.78, 5) is 9.50. The number of fused-ring (bicyclic) bond motifs is 1. The van der Waals surface area contributed by atoms with Crippen LogP contribution in [0.25, 0.3) is 0 Å². The summed E-state index contributed by atoms with van der Waals surface area (Å²) in [6.45, 7) is 11.3. The van der Waals surface area contributed by atoms with E-state index >= 15 is 0 Å². The number of likely N-dealkylation sites (N-methyl/N-ethyl adjacent to an activating group) is 2. The summed E-state index contributed by atoms with van der Waals surface area (Å²) >= 11 is 0. The van der Waals surface area contributed by atoms with Crippen LogP contribution < -0.4 is 5.32 Å². The van der Waals surface area contributed by atoms with E-state index in [1.54, 1.807) is 0 Å². The van der Waals surface area contributed by atoms with Gasteiger partial charge < -0.3 is 15.0 Å². The van der Waals surface area contributed by atoms with Crippen molar-refractivity contribution >= 4 is 5.96 Å². The van der Waals surface area contributed by atoms with Crippen LogP contribution in [0.4, 0.5) is 0 Å². The molecule has 1 N–H and O–H groups in total. The Bertz CT molecular complexity index is 464. The molecule has 1 saturated carbocycles. The minimum absolute atomic E-state index is 0.185. The molecule has 0 aromatic rings. The first-order valence-electron chi connectivity index (χ1n) is 9.79. The molecular weight excluding hydrogens is 300 g/mol. The first-order valence-corrected chi connectivity index (χ1v) is 9.79. The molecule has 3 fully saturated rings. The maximum Gasteiger partial charge on any atom is 0.193 e. The second-order valence-corrected chi connectivity index (χ2v) is 8.39. The van der Waals surface area contributed by atoms with Crippen LogP contribution in [0.15, 0.2) is 4.99 Å². The minimum atomic E-state index is 0.185. The van der Waals surface area contributed by atoms with E-state index in [1.807, 2.05) is 7.05 Å². The van der Waals surface area contributed by atoms with Gasteiger partial charge in [0.1, 0.15) is 0 Å². The van der Waals surface area contributed by atoms with Crippen LogP contribution in [0.2, 0.25) is 0 Å². The molecule has 5 nitrogen and oxygen atoms in total. The average molecular weight is 337 g/mol. The molecule has 0 bridgehead atoms. The monoisotopic (exact) mass is 336 g/mol. The topological polar surface area (TPSA) is 40.1 Å². The largest absolute Gasteiger partial charge is 0.377 e. The Morgan fingerprint density at radius 1 is 1.33 bits per heavy atom. The summed E-state index contributed by atoms with van der Waals surface area (Å²) in [7, 11) is 4.09. The second-order valence-electron chi connectivity index (χ2n) is 8.39. The Kier molecular flexibility index (Phi) is 5.40. The van der Waals surface area contributed by atoms with Crippen molar-refractivity contribution in [1.82, 2.24) is 15.1 Å². The SMILES string of the molecule is CCN1CCCC1CN(C)C(=NC)NC1C2CCCOC2C1(C)C. The van der Waals surface area contributed by atoms with E-state index in [-0.39, 0.29) is 5.41 Å². The van der Waals surface area contributed by atoms with Gasteiger partial charge in [-0.15, -0.1) is 0 Å². The third-order valence-corrected chi connectivity index (χ3v) is 6.58. The van der Waals surface area contributed by atoms with Gasteiger partial charge in [0, 0.05) is 50.7 Å². The van der Waals surface area contributed by atoms with E-state index in [0.717, 1.165) is 25.7 Å². The zero-order valence-corrected chi connectivity index (χ0v) is 16.2. The number of hydrogen-bond acceptors (Lipinski definition) is 3. The van der Waals surface area contributed by atoms with Crippen molar-refractivity contribution in [3.63, 3.8) is 0 Å². The third-order valence-electron chi connectivity index (χ3n) is 6.58. The summed E-state index contributed by atoms with van der Waals surface area (Å²) in [6, 6.07) is 1.13. The van der Waals surface area contributed by atoms with Crippen molar-refractivity contribution in [3.05, 3.63) is 0 Å². The van der Waals surface area contributed by atoms with Crippen molar-refractivity contribution < 1.29 is 4.74 Å². The van der Waals surface area contributed by atoms with Gasteiger partial charge in [0.15, 0.2) is 5.96 Å². The highest BCUT2D eigenvalue weighted by Crippen LogP contribution is 2.51. The Labute approximate surface area is 147 Å². The number of aliphatic imine (C=N–C) groups is 1. The van der Waals surface area contributed by atoms with E-state index in [4.69, 9.17) is 4.74 Å². The molecule has 2 heterocycles. The summed E-state index contributed by atoms with van der Waals surface area (Å²) in [6.07, 6.45) is 5.52. The van der Waals surface area contributed by atoms with Gasteiger partial charge in [0.05, 0.1) is 6.10 Å². The van der Waals surface area contributed by atoms with Crippen molar-refractivity contribution in [2.75, 3.05) is 40.3 Å². The van der Waals surface area contributed by atoms with Crippen LogP contribution in [0.3, 0.4) is 0 Å². The maximum atomic E-state index is 6.03. The van der Waals surface area contributed by atoms with Gasteiger partial charge in [-0.3, -0.25) is 9.89 Å². The fraction of sp³-hybridized carbons (Fsp3) is 0.947. The zero-order chi connectivity index (χ0) is 17.3. The quantitative estimate of drug-likeness (QED) is 0.631. The van der Waals surface area contributed by atoms with Gasteiger partial charge in [0.2, 0.25) is 0 Å². The molecule has 0 amide bonds. The Hall–Kier alpha value is -0.810.